The number of nitrogens with zero attached hydrogens (tertiary/aromatic N) is 2. The summed E-state index contributed by atoms with van der Waals surface area (Å²) >= 11 is 0. The fraction of sp³-hybridized carbons (Fsp3) is 0.250. The number of amides is 3. The highest BCUT2D eigenvalue weighted by Gasteiger charge is 2.65. The maximum atomic E-state index is 13.4. The number of aromatic nitrogens is 1. The van der Waals surface area contributed by atoms with Gasteiger partial charge in [0.1, 0.15) is 0 Å². The molecule has 6 heteroatoms. The van der Waals surface area contributed by atoms with Crippen LogP contribution in [0.1, 0.15) is 33.3 Å². The quantitative estimate of drug-likeness (QED) is 0.790. The molecule has 30 heavy (non-hydrogen) atoms. The van der Waals surface area contributed by atoms with E-state index in [1.54, 1.807) is 12.1 Å². The molecule has 3 amide bonds. The van der Waals surface area contributed by atoms with Gasteiger partial charge in [0, 0.05) is 29.8 Å². The van der Waals surface area contributed by atoms with Crippen molar-refractivity contribution in [2.24, 2.45) is 23.7 Å². The van der Waals surface area contributed by atoms with Crippen LogP contribution in [0.5, 0.6) is 0 Å². The second kappa shape index (κ2) is 6.23. The van der Waals surface area contributed by atoms with Crippen molar-refractivity contribution in [3.63, 3.8) is 0 Å². The highest BCUT2D eigenvalue weighted by Crippen LogP contribution is 2.64. The minimum Gasteiger partial charge on any atom is -0.272 e. The van der Waals surface area contributed by atoms with Gasteiger partial charge in [-0.3, -0.25) is 24.8 Å². The number of benzene rings is 1. The number of pyridine rings is 1. The summed E-state index contributed by atoms with van der Waals surface area (Å²) in [7, 11) is 0. The van der Waals surface area contributed by atoms with Gasteiger partial charge >= 0.3 is 0 Å². The Morgan fingerprint density at radius 3 is 1.87 bits per heavy atom. The molecule has 5 aliphatic rings. The Kier molecular flexibility index (Phi) is 3.60. The van der Waals surface area contributed by atoms with Crippen LogP contribution in [0.3, 0.4) is 0 Å². The van der Waals surface area contributed by atoms with Crippen LogP contribution in [0.2, 0.25) is 0 Å². The third kappa shape index (κ3) is 2.19. The lowest BCUT2D eigenvalue weighted by atomic mass is 9.48. The average Bonchev–Trinajstić information content (AvgIpc) is 3.05. The summed E-state index contributed by atoms with van der Waals surface area (Å²) in [6, 6.07) is 11.3. The Labute approximate surface area is 173 Å². The van der Waals surface area contributed by atoms with Crippen LogP contribution in [0, 0.1) is 23.7 Å². The monoisotopic (exact) mass is 397 g/mol. The summed E-state index contributed by atoms with van der Waals surface area (Å²) in [5, 5.41) is 0.967. The lowest BCUT2D eigenvalue weighted by Crippen LogP contribution is -2.49. The van der Waals surface area contributed by atoms with Gasteiger partial charge < -0.3 is 0 Å². The van der Waals surface area contributed by atoms with Gasteiger partial charge in [0.25, 0.3) is 17.7 Å². The van der Waals surface area contributed by atoms with Crippen molar-refractivity contribution in [2.75, 3.05) is 0 Å². The smallest absolute Gasteiger partial charge is 0.270 e. The summed E-state index contributed by atoms with van der Waals surface area (Å²) in [6.07, 6.45) is 11.4. The van der Waals surface area contributed by atoms with Gasteiger partial charge in [-0.25, -0.2) is 0 Å². The molecule has 0 spiro atoms. The molecular formula is C24H19N3O3. The first kappa shape index (κ1) is 17.3. The van der Waals surface area contributed by atoms with Gasteiger partial charge in [-0.2, -0.15) is 5.01 Å². The van der Waals surface area contributed by atoms with E-state index >= 15 is 0 Å². The Morgan fingerprint density at radius 1 is 0.800 bits per heavy atom. The number of carbonyl (C=O) groups is 3. The van der Waals surface area contributed by atoms with Gasteiger partial charge in [0.2, 0.25) is 0 Å². The number of nitrogens with one attached hydrogen (secondary N) is 1. The minimum absolute atomic E-state index is 0.0679. The van der Waals surface area contributed by atoms with Gasteiger partial charge in [-0.1, -0.05) is 48.6 Å². The van der Waals surface area contributed by atoms with Gasteiger partial charge in [0.05, 0.1) is 11.8 Å². The number of hydrazine groups is 1. The molecule has 6 nitrogen and oxygen atoms in total. The number of allylic oxidation sites excluding steroid dienone is 4. The third-order valence-electron chi connectivity index (χ3n) is 7.09. The number of rotatable bonds is 2. The molecule has 4 aliphatic carbocycles. The molecule has 0 unspecified atom stereocenters. The lowest BCUT2D eigenvalue weighted by molar-refractivity contribution is -0.142. The van der Waals surface area contributed by atoms with E-state index in [9.17, 15) is 14.4 Å². The molecule has 1 aliphatic heterocycles. The van der Waals surface area contributed by atoms with E-state index in [1.165, 1.54) is 12.4 Å². The summed E-state index contributed by atoms with van der Waals surface area (Å²) in [4.78, 5) is 43.4. The molecule has 2 bridgehead atoms. The van der Waals surface area contributed by atoms with Crippen molar-refractivity contribution >= 4 is 17.7 Å². The second-order valence-electron chi connectivity index (χ2n) is 8.35. The molecule has 0 radical (unpaired) electrons. The first-order valence-electron chi connectivity index (χ1n) is 10.2. The Morgan fingerprint density at radius 2 is 1.33 bits per heavy atom. The maximum Gasteiger partial charge on any atom is 0.270 e. The Hall–Kier alpha value is -3.54. The molecule has 1 saturated heterocycles. The number of hydrogen-bond acceptors (Lipinski definition) is 4. The maximum absolute atomic E-state index is 13.4. The number of carbonyl (C=O) groups excluding carboxylic acids is 3. The highest BCUT2D eigenvalue weighted by atomic mass is 16.2. The fourth-order valence-electron chi connectivity index (χ4n) is 6.01. The Bertz CT molecular complexity index is 1080. The van der Waals surface area contributed by atoms with Gasteiger partial charge in [0.15, 0.2) is 0 Å². The molecule has 7 rings (SSSR count). The van der Waals surface area contributed by atoms with Crippen LogP contribution in [0.15, 0.2) is 73.1 Å². The standard InChI is InChI=1S/C24H19N3O3/c28-22(13-9-11-25-12-10-13)26-27-23(29)20-18-14-5-1-2-6-15(14)19(21(20)24(27)30)17-8-4-3-7-16(17)18/h1-12,14-15,18-21H,(H,26,28)/t14-,15+,18-,19-,20-,21+/m1/s1. The van der Waals surface area contributed by atoms with Gasteiger partial charge in [-0.05, 0) is 35.1 Å². The zero-order valence-corrected chi connectivity index (χ0v) is 16.0. The van der Waals surface area contributed by atoms with Crippen LogP contribution in [0.25, 0.3) is 0 Å². The molecule has 1 aromatic carbocycles. The van der Waals surface area contributed by atoms with Crippen LogP contribution in [-0.2, 0) is 9.59 Å². The topological polar surface area (TPSA) is 79.4 Å². The summed E-state index contributed by atoms with van der Waals surface area (Å²) in [5.74, 6) is -1.77. The van der Waals surface area contributed by atoms with E-state index in [0.29, 0.717) is 5.56 Å². The molecule has 1 N–H and O–H groups in total. The fourth-order valence-corrected chi connectivity index (χ4v) is 6.01. The SMILES string of the molecule is O=C(NN1C(=O)[C@@H]2[C@H](C1=O)[C@H]1c3ccccc3[C@H]2[C@H]2C=CC=C[C@H]21)c1ccncc1. The van der Waals surface area contributed by atoms with Crippen molar-refractivity contribution in [2.45, 2.75) is 11.8 Å². The lowest BCUT2D eigenvalue weighted by Gasteiger charge is -2.53. The molecule has 1 saturated carbocycles. The molecule has 2 fully saturated rings. The summed E-state index contributed by atoms with van der Waals surface area (Å²) in [5.41, 5.74) is 5.23. The molecular weight excluding hydrogens is 378 g/mol. The predicted octanol–water partition coefficient (Wildman–Crippen LogP) is 2.58. The highest BCUT2D eigenvalue weighted by molar-refractivity contribution is 6.09. The number of hydrogen-bond donors (Lipinski definition) is 1. The Balaban J connectivity index is 1.41. The molecule has 2 heterocycles. The zero-order chi connectivity index (χ0) is 20.4. The van der Waals surface area contributed by atoms with E-state index in [4.69, 9.17) is 0 Å². The zero-order valence-electron chi connectivity index (χ0n) is 16.0. The molecule has 2 aromatic rings. The largest absolute Gasteiger partial charge is 0.272 e. The first-order valence-corrected chi connectivity index (χ1v) is 10.2. The minimum atomic E-state index is -0.486. The normalized spacial score (nSPS) is 32.6. The van der Waals surface area contributed by atoms with Crippen molar-refractivity contribution in [1.29, 1.82) is 0 Å². The van der Waals surface area contributed by atoms with Crippen molar-refractivity contribution in [3.8, 4) is 0 Å². The average molecular weight is 397 g/mol. The second-order valence-corrected chi connectivity index (χ2v) is 8.35. The van der Waals surface area contributed by atoms with Crippen LogP contribution in [-0.4, -0.2) is 27.7 Å². The molecule has 6 atom stereocenters. The van der Waals surface area contributed by atoms with Crippen LogP contribution in [0.4, 0.5) is 0 Å². The molecule has 148 valence electrons. The summed E-state index contributed by atoms with van der Waals surface area (Å²) in [6.45, 7) is 0. The van der Waals surface area contributed by atoms with E-state index in [2.05, 4.69) is 34.7 Å². The van der Waals surface area contributed by atoms with E-state index in [1.807, 2.05) is 24.3 Å². The van der Waals surface area contributed by atoms with E-state index in [0.717, 1.165) is 16.1 Å². The van der Waals surface area contributed by atoms with Crippen molar-refractivity contribution in [1.82, 2.24) is 15.4 Å². The third-order valence-corrected chi connectivity index (χ3v) is 7.09. The van der Waals surface area contributed by atoms with E-state index in [-0.39, 0.29) is 35.5 Å². The van der Waals surface area contributed by atoms with Crippen LogP contribution < -0.4 is 5.43 Å². The molecule has 1 aromatic heterocycles. The van der Waals surface area contributed by atoms with Crippen molar-refractivity contribution in [3.05, 3.63) is 89.8 Å². The summed E-state index contributed by atoms with van der Waals surface area (Å²) < 4.78 is 0. The van der Waals surface area contributed by atoms with Crippen LogP contribution >= 0.6 is 0 Å². The predicted molar refractivity (Wildman–Crippen MR) is 108 cm³/mol. The van der Waals surface area contributed by atoms with E-state index < -0.39 is 17.7 Å². The van der Waals surface area contributed by atoms with Crippen molar-refractivity contribution < 1.29 is 14.4 Å². The first-order chi connectivity index (χ1) is 14.7. The van der Waals surface area contributed by atoms with Gasteiger partial charge in [-0.15, -0.1) is 0 Å². The number of imide groups is 1.